The monoisotopic (exact) mass is 319 g/mol. The molecule has 1 aromatic rings. The Bertz CT molecular complexity index is 491. The number of aliphatic carboxylic acids is 1. The first-order valence-corrected chi connectivity index (χ1v) is 6.94. The van der Waals surface area contributed by atoms with Crippen LogP contribution in [-0.4, -0.2) is 24.2 Å². The highest BCUT2D eigenvalue weighted by Crippen LogP contribution is 2.31. The maximum Gasteiger partial charge on any atom is 0.416 e. The number of carboxylic acids is 1. The fourth-order valence-electron chi connectivity index (χ4n) is 2.15. The number of benzene rings is 1. The van der Waals surface area contributed by atoms with E-state index in [0.717, 1.165) is 12.1 Å². The largest absolute Gasteiger partial charge is 0.493 e. The number of hydrogen-bond acceptors (Lipinski definition) is 3. The predicted molar refractivity (Wildman–Crippen MR) is 75.5 cm³/mol. The molecular formula is C15H20F3NO3. The van der Waals surface area contributed by atoms with Crippen LogP contribution in [0.15, 0.2) is 24.3 Å². The first-order valence-electron chi connectivity index (χ1n) is 6.94. The molecule has 2 atom stereocenters. The summed E-state index contributed by atoms with van der Waals surface area (Å²) in [4.78, 5) is 10.7. The summed E-state index contributed by atoms with van der Waals surface area (Å²) in [6.45, 7) is 2.30. The molecule has 0 saturated heterocycles. The first kappa shape index (κ1) is 18.3. The van der Waals surface area contributed by atoms with E-state index in [9.17, 15) is 18.0 Å². The van der Waals surface area contributed by atoms with E-state index in [2.05, 4.69) is 0 Å². The number of carboxylic acid groups (broad SMARTS) is 1. The molecule has 0 spiro atoms. The Morgan fingerprint density at radius 3 is 2.64 bits per heavy atom. The Balaban J connectivity index is 2.53. The number of alkyl halides is 3. The number of nitrogens with two attached hydrogens (primary N) is 1. The third kappa shape index (κ3) is 6.34. The standard InChI is InChI=1S/C15H20F3NO3/c1-10(5-11(8-19)6-14(20)21)9-22-13-4-2-3-12(7-13)15(16,17)18/h2-4,7,10-11H,5-6,8-9,19H2,1H3,(H,20,21)/t10-,11?/m0/s1. The van der Waals surface area contributed by atoms with Crippen LogP contribution in [0.5, 0.6) is 5.75 Å². The van der Waals surface area contributed by atoms with Gasteiger partial charge in [-0.2, -0.15) is 13.2 Å². The molecule has 22 heavy (non-hydrogen) atoms. The van der Waals surface area contributed by atoms with Crippen LogP contribution < -0.4 is 10.5 Å². The molecule has 0 aromatic heterocycles. The predicted octanol–water partition coefficient (Wildman–Crippen LogP) is 3.16. The smallest absolute Gasteiger partial charge is 0.416 e. The van der Waals surface area contributed by atoms with Crippen molar-refractivity contribution in [1.82, 2.24) is 0 Å². The number of rotatable bonds is 8. The number of halogens is 3. The van der Waals surface area contributed by atoms with Gasteiger partial charge in [0.05, 0.1) is 12.2 Å². The average Bonchev–Trinajstić information content (AvgIpc) is 2.43. The molecule has 0 fully saturated rings. The normalized spacial score (nSPS) is 14.4. The molecular weight excluding hydrogens is 299 g/mol. The van der Waals surface area contributed by atoms with Gasteiger partial charge in [0.25, 0.3) is 0 Å². The van der Waals surface area contributed by atoms with Crippen molar-refractivity contribution in [1.29, 1.82) is 0 Å². The van der Waals surface area contributed by atoms with Gasteiger partial charge in [-0.25, -0.2) is 0 Å². The molecule has 1 unspecified atom stereocenters. The first-order chi connectivity index (χ1) is 10.2. The molecule has 1 rings (SSSR count). The minimum atomic E-state index is -4.41. The van der Waals surface area contributed by atoms with Crippen molar-refractivity contribution >= 4 is 5.97 Å². The summed E-state index contributed by atoms with van der Waals surface area (Å²) in [6, 6.07) is 4.67. The van der Waals surface area contributed by atoms with E-state index in [1.807, 2.05) is 6.92 Å². The van der Waals surface area contributed by atoms with Gasteiger partial charge in [0.15, 0.2) is 0 Å². The van der Waals surface area contributed by atoms with E-state index >= 15 is 0 Å². The molecule has 7 heteroatoms. The van der Waals surface area contributed by atoms with Gasteiger partial charge in [-0.3, -0.25) is 4.79 Å². The maximum absolute atomic E-state index is 12.6. The van der Waals surface area contributed by atoms with Crippen LogP contribution in [0.4, 0.5) is 13.2 Å². The molecule has 124 valence electrons. The van der Waals surface area contributed by atoms with Crippen LogP contribution >= 0.6 is 0 Å². The van der Waals surface area contributed by atoms with Crippen LogP contribution in [0, 0.1) is 11.8 Å². The summed E-state index contributed by atoms with van der Waals surface area (Å²) in [7, 11) is 0. The van der Waals surface area contributed by atoms with Gasteiger partial charge >= 0.3 is 12.1 Å². The molecule has 0 heterocycles. The molecule has 1 aromatic carbocycles. The van der Waals surface area contributed by atoms with E-state index in [4.69, 9.17) is 15.6 Å². The summed E-state index contributed by atoms with van der Waals surface area (Å²) >= 11 is 0. The number of hydrogen-bond donors (Lipinski definition) is 2. The van der Waals surface area contributed by atoms with E-state index in [1.54, 1.807) is 0 Å². The van der Waals surface area contributed by atoms with Crippen molar-refractivity contribution in [3.8, 4) is 5.75 Å². The molecule has 4 nitrogen and oxygen atoms in total. The zero-order valence-corrected chi connectivity index (χ0v) is 12.3. The highest BCUT2D eigenvalue weighted by Gasteiger charge is 2.30. The number of ether oxygens (including phenoxy) is 1. The van der Waals surface area contributed by atoms with E-state index in [1.165, 1.54) is 12.1 Å². The fraction of sp³-hybridized carbons (Fsp3) is 0.533. The summed E-state index contributed by atoms with van der Waals surface area (Å²) < 4.78 is 43.1. The van der Waals surface area contributed by atoms with Gasteiger partial charge in [0.2, 0.25) is 0 Å². The molecule has 0 bridgehead atoms. The van der Waals surface area contributed by atoms with Crippen molar-refractivity contribution in [2.45, 2.75) is 25.9 Å². The van der Waals surface area contributed by atoms with Crippen molar-refractivity contribution < 1.29 is 27.8 Å². The van der Waals surface area contributed by atoms with Gasteiger partial charge < -0.3 is 15.6 Å². The lowest BCUT2D eigenvalue weighted by Crippen LogP contribution is -2.22. The number of carbonyl (C=O) groups is 1. The van der Waals surface area contributed by atoms with Gasteiger partial charge in [0.1, 0.15) is 5.75 Å². The highest BCUT2D eigenvalue weighted by molar-refractivity contribution is 5.67. The van der Waals surface area contributed by atoms with Gasteiger partial charge in [-0.05, 0) is 43.0 Å². The lowest BCUT2D eigenvalue weighted by Gasteiger charge is -2.19. The Morgan fingerprint density at radius 2 is 2.09 bits per heavy atom. The van der Waals surface area contributed by atoms with Crippen molar-refractivity contribution in [3.63, 3.8) is 0 Å². The fourth-order valence-corrected chi connectivity index (χ4v) is 2.15. The summed E-state index contributed by atoms with van der Waals surface area (Å²) in [5, 5.41) is 8.75. The molecule has 0 saturated carbocycles. The third-order valence-corrected chi connectivity index (χ3v) is 3.23. The van der Waals surface area contributed by atoms with E-state index < -0.39 is 17.7 Å². The third-order valence-electron chi connectivity index (χ3n) is 3.23. The zero-order chi connectivity index (χ0) is 16.8. The Hall–Kier alpha value is -1.76. The van der Waals surface area contributed by atoms with Crippen LogP contribution in [0.2, 0.25) is 0 Å². The Kier molecular flexibility index (Phi) is 6.67. The lowest BCUT2D eigenvalue weighted by molar-refractivity contribution is -0.138. The topological polar surface area (TPSA) is 72.5 Å². The lowest BCUT2D eigenvalue weighted by atomic mass is 9.93. The van der Waals surface area contributed by atoms with Crippen LogP contribution in [0.25, 0.3) is 0 Å². The Morgan fingerprint density at radius 1 is 1.41 bits per heavy atom. The van der Waals surface area contributed by atoms with Crippen LogP contribution in [0.1, 0.15) is 25.3 Å². The molecule has 3 N–H and O–H groups in total. The summed E-state index contributed by atoms with van der Waals surface area (Å²) in [5.74, 6) is -0.953. The second kappa shape index (κ2) is 8.03. The Labute approximate surface area is 127 Å². The average molecular weight is 319 g/mol. The minimum Gasteiger partial charge on any atom is -0.493 e. The minimum absolute atomic E-state index is 0.0116. The van der Waals surface area contributed by atoms with Crippen molar-refractivity contribution in [2.24, 2.45) is 17.6 Å². The zero-order valence-electron chi connectivity index (χ0n) is 12.3. The maximum atomic E-state index is 12.6. The summed E-state index contributed by atoms with van der Waals surface area (Å²) in [6.07, 6.45) is -3.89. The van der Waals surface area contributed by atoms with Crippen molar-refractivity contribution in [2.75, 3.05) is 13.2 Å². The second-order valence-corrected chi connectivity index (χ2v) is 5.38. The van der Waals surface area contributed by atoms with Gasteiger partial charge in [0, 0.05) is 6.42 Å². The quantitative estimate of drug-likeness (QED) is 0.772. The van der Waals surface area contributed by atoms with Gasteiger partial charge in [-0.1, -0.05) is 13.0 Å². The molecule has 0 radical (unpaired) electrons. The molecule has 0 aliphatic heterocycles. The summed E-state index contributed by atoms with van der Waals surface area (Å²) in [5.41, 5.74) is 4.75. The highest BCUT2D eigenvalue weighted by atomic mass is 19.4. The SMILES string of the molecule is C[C@H](COc1cccc(C(F)(F)F)c1)CC(CN)CC(=O)O. The van der Waals surface area contributed by atoms with Crippen LogP contribution in [0.3, 0.4) is 0 Å². The van der Waals surface area contributed by atoms with E-state index in [-0.39, 0.29) is 37.2 Å². The van der Waals surface area contributed by atoms with Crippen LogP contribution in [-0.2, 0) is 11.0 Å². The van der Waals surface area contributed by atoms with E-state index in [0.29, 0.717) is 6.42 Å². The molecule has 0 amide bonds. The second-order valence-electron chi connectivity index (χ2n) is 5.38. The molecule has 0 aliphatic rings. The van der Waals surface area contributed by atoms with Gasteiger partial charge in [-0.15, -0.1) is 0 Å². The van der Waals surface area contributed by atoms with Crippen molar-refractivity contribution in [3.05, 3.63) is 29.8 Å². The molecule has 0 aliphatic carbocycles.